The molecule has 2 fully saturated rings. The lowest BCUT2D eigenvalue weighted by Crippen LogP contribution is -2.40. The van der Waals surface area contributed by atoms with E-state index in [0.717, 1.165) is 36.3 Å². The van der Waals surface area contributed by atoms with Crippen molar-refractivity contribution >= 4 is 49.2 Å². The molecule has 0 saturated heterocycles. The second-order valence-corrected chi connectivity index (χ2v) is 13.6. The molecule has 1 amide bonds. The van der Waals surface area contributed by atoms with E-state index in [2.05, 4.69) is 20.6 Å². The number of nitrogens with one attached hydrogen (secondary N) is 1. The van der Waals surface area contributed by atoms with Gasteiger partial charge in [-0.1, -0.05) is 62.8 Å². The molecule has 238 valence electrons. The summed E-state index contributed by atoms with van der Waals surface area (Å²) < 4.78 is 64.7. The Morgan fingerprint density at radius 1 is 0.795 bits per heavy atom. The number of hydrazone groups is 1. The maximum Gasteiger partial charge on any atom is 0.355 e. The Kier molecular flexibility index (Phi) is 11.0. The van der Waals surface area contributed by atoms with Crippen LogP contribution in [0.3, 0.4) is 0 Å². The average molecular weight is 650 g/mol. The van der Waals surface area contributed by atoms with Gasteiger partial charge in [-0.2, -0.15) is 37.2 Å². The number of benzene rings is 2. The van der Waals surface area contributed by atoms with Gasteiger partial charge in [-0.3, -0.25) is 13.9 Å². The van der Waals surface area contributed by atoms with E-state index < -0.39 is 59.3 Å². The third-order valence-electron chi connectivity index (χ3n) is 7.61. The number of carbonyl (C=O) groups excluding carboxylic acids is 1. The van der Waals surface area contributed by atoms with Crippen LogP contribution in [0.15, 0.2) is 73.7 Å². The van der Waals surface area contributed by atoms with E-state index in [1.54, 1.807) is 0 Å². The number of azo groups is 1. The molecule has 16 heteroatoms. The van der Waals surface area contributed by atoms with E-state index in [0.29, 0.717) is 5.01 Å². The Labute approximate surface area is 255 Å². The van der Waals surface area contributed by atoms with E-state index >= 15 is 0 Å². The predicted octanol–water partition coefficient (Wildman–Crippen LogP) is 4.36. The number of carboxylic acid groups (broad SMARTS) is 1. The summed E-state index contributed by atoms with van der Waals surface area (Å²) in [6, 6.07) is 9.37. The van der Waals surface area contributed by atoms with Gasteiger partial charge in [0.05, 0.1) is 5.69 Å². The van der Waals surface area contributed by atoms with E-state index in [9.17, 15) is 40.6 Å². The largest absolute Gasteiger partial charge is 0.477 e. The van der Waals surface area contributed by atoms with Gasteiger partial charge in [-0.15, -0.1) is 0 Å². The van der Waals surface area contributed by atoms with Crippen molar-refractivity contribution in [2.24, 2.45) is 15.3 Å². The standard InChI is InChI=1S/C16H12N4O9S2.C12H23N/c21-15-13(18-17-9-5-1-3-7-11(9)30(24,25)26)14(16(22)23)19-20(15)10-6-2-4-8-12(10)31(27,28)29;1-3-7-11(8-4-1)13-12-9-5-2-6-10-12/h1-8,13H,(H,22,23)(H,24,25,26)(H,27,28,29);11-13H,1-10H2. The van der Waals surface area contributed by atoms with Crippen LogP contribution in [0.5, 0.6) is 0 Å². The zero-order valence-electron chi connectivity index (χ0n) is 23.8. The number of hydrogen-bond acceptors (Lipinski definition) is 10. The highest BCUT2D eigenvalue weighted by Crippen LogP contribution is 2.31. The molecule has 14 nitrogen and oxygen atoms in total. The first kappa shape index (κ1) is 33.3. The quantitative estimate of drug-likeness (QED) is 0.234. The Bertz CT molecular complexity index is 1620. The van der Waals surface area contributed by atoms with Crippen molar-refractivity contribution in [1.82, 2.24) is 5.32 Å². The fourth-order valence-corrected chi connectivity index (χ4v) is 6.77. The van der Waals surface area contributed by atoms with Crippen molar-refractivity contribution in [3.05, 3.63) is 48.5 Å². The fraction of sp³-hybridized carbons (Fsp3) is 0.464. The van der Waals surface area contributed by atoms with Crippen molar-refractivity contribution in [2.75, 3.05) is 5.01 Å². The highest BCUT2D eigenvalue weighted by Gasteiger charge is 2.42. The SMILES string of the molecule is C1CCC(NC2CCCCC2)CC1.O=C(O)C1=NN(c2ccccc2S(=O)(=O)O)C(=O)C1N=Nc1ccccc1S(=O)(=O)O. The third kappa shape index (κ3) is 8.53. The fourth-order valence-electron chi connectivity index (χ4n) is 5.48. The van der Waals surface area contributed by atoms with Crippen LogP contribution in [-0.4, -0.2) is 66.8 Å². The summed E-state index contributed by atoms with van der Waals surface area (Å²) in [7, 11) is -9.47. The number of carboxylic acids is 1. The van der Waals surface area contributed by atoms with Crippen molar-refractivity contribution < 1.29 is 40.6 Å². The summed E-state index contributed by atoms with van der Waals surface area (Å²) in [6.45, 7) is 0. The molecule has 4 N–H and O–H groups in total. The third-order valence-corrected chi connectivity index (χ3v) is 9.41. The Hall–Kier alpha value is -3.57. The summed E-state index contributed by atoms with van der Waals surface area (Å²) in [4.78, 5) is 23.0. The summed E-state index contributed by atoms with van der Waals surface area (Å²) in [5.41, 5.74) is -1.63. The molecule has 2 saturated carbocycles. The van der Waals surface area contributed by atoms with Crippen LogP contribution in [-0.2, 0) is 29.8 Å². The molecule has 0 bridgehead atoms. The summed E-state index contributed by atoms with van der Waals surface area (Å²) in [5, 5.41) is 24.4. The van der Waals surface area contributed by atoms with Crippen LogP contribution in [0.1, 0.15) is 64.2 Å². The first-order valence-corrected chi connectivity index (χ1v) is 17.2. The molecular weight excluding hydrogens is 614 g/mol. The van der Waals surface area contributed by atoms with Gasteiger partial charge in [-0.25, -0.2) is 4.79 Å². The lowest BCUT2D eigenvalue weighted by Gasteiger charge is -2.30. The highest BCUT2D eigenvalue weighted by atomic mass is 32.2. The number of amides is 1. The summed E-state index contributed by atoms with van der Waals surface area (Å²) in [5.74, 6) is -2.80. The molecule has 3 aliphatic rings. The van der Waals surface area contributed by atoms with Gasteiger partial charge < -0.3 is 10.4 Å². The second kappa shape index (κ2) is 14.5. The van der Waals surface area contributed by atoms with Crippen LogP contribution < -0.4 is 10.3 Å². The normalized spacial score (nSPS) is 20.3. The van der Waals surface area contributed by atoms with Crippen LogP contribution in [0.4, 0.5) is 11.4 Å². The number of nitrogens with zero attached hydrogens (tertiary/aromatic N) is 4. The van der Waals surface area contributed by atoms with Gasteiger partial charge in [0.1, 0.15) is 15.5 Å². The molecule has 2 aromatic rings. The number of anilines is 1. The molecule has 0 aromatic heterocycles. The molecule has 0 radical (unpaired) electrons. The molecule has 0 spiro atoms. The van der Waals surface area contributed by atoms with Crippen LogP contribution in [0.2, 0.25) is 0 Å². The van der Waals surface area contributed by atoms with Crippen molar-refractivity contribution in [3.8, 4) is 0 Å². The summed E-state index contributed by atoms with van der Waals surface area (Å²) in [6.07, 6.45) is 14.6. The Morgan fingerprint density at radius 2 is 1.30 bits per heavy atom. The predicted molar refractivity (Wildman–Crippen MR) is 160 cm³/mol. The minimum absolute atomic E-state index is 0.376. The monoisotopic (exact) mass is 649 g/mol. The van der Waals surface area contributed by atoms with E-state index in [1.165, 1.54) is 88.5 Å². The molecular formula is C28H35N5O9S2. The maximum atomic E-state index is 12.8. The molecule has 2 aliphatic carbocycles. The van der Waals surface area contributed by atoms with E-state index in [-0.39, 0.29) is 5.69 Å². The number of carbonyl (C=O) groups is 2. The Morgan fingerprint density at radius 3 is 1.82 bits per heavy atom. The van der Waals surface area contributed by atoms with E-state index in [4.69, 9.17) is 0 Å². The van der Waals surface area contributed by atoms with Gasteiger partial charge in [0.15, 0.2) is 5.71 Å². The van der Waals surface area contributed by atoms with Gasteiger partial charge >= 0.3 is 5.97 Å². The highest BCUT2D eigenvalue weighted by molar-refractivity contribution is 7.86. The summed E-state index contributed by atoms with van der Waals surface area (Å²) >= 11 is 0. The molecule has 5 rings (SSSR count). The van der Waals surface area contributed by atoms with Gasteiger partial charge in [0.25, 0.3) is 26.1 Å². The van der Waals surface area contributed by atoms with Crippen molar-refractivity contribution in [3.63, 3.8) is 0 Å². The zero-order chi connectivity index (χ0) is 31.9. The minimum atomic E-state index is -4.79. The van der Waals surface area contributed by atoms with Crippen LogP contribution >= 0.6 is 0 Å². The van der Waals surface area contributed by atoms with Crippen LogP contribution in [0.25, 0.3) is 0 Å². The van der Waals surface area contributed by atoms with Gasteiger partial charge in [-0.05, 0) is 49.9 Å². The van der Waals surface area contributed by atoms with Gasteiger partial charge in [0, 0.05) is 12.1 Å². The molecule has 1 unspecified atom stereocenters. The number of rotatable bonds is 8. The smallest absolute Gasteiger partial charge is 0.355 e. The number of aliphatic carboxylic acids is 1. The molecule has 1 atom stereocenters. The first-order valence-electron chi connectivity index (χ1n) is 14.3. The topological polar surface area (TPSA) is 215 Å². The average Bonchev–Trinajstić information content (AvgIpc) is 3.33. The van der Waals surface area contributed by atoms with Gasteiger partial charge in [0.2, 0.25) is 6.04 Å². The molecule has 2 aromatic carbocycles. The lowest BCUT2D eigenvalue weighted by atomic mass is 9.91. The molecule has 1 aliphatic heterocycles. The molecule has 44 heavy (non-hydrogen) atoms. The zero-order valence-corrected chi connectivity index (χ0v) is 25.5. The van der Waals surface area contributed by atoms with Crippen LogP contribution in [0, 0.1) is 0 Å². The van der Waals surface area contributed by atoms with E-state index in [1.807, 2.05) is 0 Å². The first-order chi connectivity index (χ1) is 20.9. The second-order valence-electron chi connectivity index (χ2n) is 10.8. The number of para-hydroxylation sites is 1. The van der Waals surface area contributed by atoms with Crippen molar-refractivity contribution in [2.45, 2.75) is 92.1 Å². The molecule has 1 heterocycles. The minimum Gasteiger partial charge on any atom is -0.477 e. The number of hydrogen-bond donors (Lipinski definition) is 4. The lowest BCUT2D eigenvalue weighted by molar-refractivity contribution is -0.130. The van der Waals surface area contributed by atoms with Crippen molar-refractivity contribution in [1.29, 1.82) is 0 Å². The Balaban J connectivity index is 0.000000281. The maximum absolute atomic E-state index is 12.8.